The number of halogens is 1. The van der Waals surface area contributed by atoms with Gasteiger partial charge in [-0.15, -0.1) is 0 Å². The molecule has 0 aliphatic carbocycles. The first-order valence-corrected chi connectivity index (χ1v) is 8.18. The molecule has 0 saturated heterocycles. The van der Waals surface area contributed by atoms with Gasteiger partial charge >= 0.3 is 5.97 Å². The van der Waals surface area contributed by atoms with Crippen molar-refractivity contribution in [1.29, 1.82) is 0 Å². The quantitative estimate of drug-likeness (QED) is 0.502. The molecule has 0 unspecified atom stereocenters. The number of nitrogens with zero attached hydrogens (tertiary/aromatic N) is 3. The number of hydrogen-bond donors (Lipinski definition) is 0. The van der Waals surface area contributed by atoms with Crippen LogP contribution in [0.2, 0.25) is 5.02 Å². The minimum Gasteiger partial charge on any atom is -0.451 e. The van der Waals surface area contributed by atoms with E-state index < -0.39 is 5.97 Å². The third-order valence-corrected chi connectivity index (χ3v) is 3.96. The van der Waals surface area contributed by atoms with E-state index in [2.05, 4.69) is 15.1 Å². The highest BCUT2D eigenvalue weighted by Gasteiger charge is 2.14. The highest BCUT2D eigenvalue weighted by molar-refractivity contribution is 6.30. The number of carbonyl (C=O) groups is 1. The van der Waals surface area contributed by atoms with E-state index in [0.29, 0.717) is 10.8 Å². The number of para-hydroxylation sites is 1. The van der Waals surface area contributed by atoms with Crippen LogP contribution in [0.1, 0.15) is 16.4 Å². The van der Waals surface area contributed by atoms with E-state index in [-0.39, 0.29) is 18.2 Å². The Bertz CT molecular complexity index is 1080. The van der Waals surface area contributed by atoms with Crippen molar-refractivity contribution in [2.45, 2.75) is 6.61 Å². The summed E-state index contributed by atoms with van der Waals surface area (Å²) in [5.74, 6) is 0.0441. The summed E-state index contributed by atoms with van der Waals surface area (Å²) in [4.78, 5) is 20.7. The average molecular weight is 366 g/mol. The van der Waals surface area contributed by atoms with Crippen LogP contribution in [0.25, 0.3) is 22.3 Å². The Morgan fingerprint density at radius 2 is 1.81 bits per heavy atom. The molecule has 0 fully saturated rings. The predicted octanol–water partition coefficient (Wildman–Crippen LogP) is 4.30. The lowest BCUT2D eigenvalue weighted by molar-refractivity contribution is 0.0423. The highest BCUT2D eigenvalue weighted by Crippen LogP contribution is 2.19. The van der Waals surface area contributed by atoms with Crippen LogP contribution < -0.4 is 0 Å². The van der Waals surface area contributed by atoms with Crippen molar-refractivity contribution in [3.8, 4) is 11.4 Å². The highest BCUT2D eigenvalue weighted by atomic mass is 35.5. The summed E-state index contributed by atoms with van der Waals surface area (Å²) in [6.45, 7) is -0.131. The van der Waals surface area contributed by atoms with E-state index in [1.54, 1.807) is 30.3 Å². The number of benzene rings is 2. The van der Waals surface area contributed by atoms with Gasteiger partial charge in [-0.25, -0.2) is 9.78 Å². The molecular weight excluding hydrogens is 354 g/mol. The topological polar surface area (TPSA) is 78.1 Å². The maximum absolute atomic E-state index is 12.2. The molecule has 0 radical (unpaired) electrons. The number of rotatable bonds is 4. The van der Waals surface area contributed by atoms with Gasteiger partial charge in [-0.2, -0.15) is 4.98 Å². The SMILES string of the molecule is O=C(OCc1nc(-c2ccc(Cl)cc2)no1)c1ccc2ccccc2n1. The summed E-state index contributed by atoms with van der Waals surface area (Å²) < 4.78 is 10.3. The van der Waals surface area contributed by atoms with E-state index >= 15 is 0 Å². The Morgan fingerprint density at radius 1 is 1.00 bits per heavy atom. The van der Waals surface area contributed by atoms with Crippen LogP contribution in [0.15, 0.2) is 65.2 Å². The fraction of sp³-hybridized carbons (Fsp3) is 0.0526. The van der Waals surface area contributed by atoms with E-state index in [9.17, 15) is 4.79 Å². The van der Waals surface area contributed by atoms with Crippen LogP contribution in [0.3, 0.4) is 0 Å². The number of pyridine rings is 1. The maximum atomic E-state index is 12.2. The number of aromatic nitrogens is 3. The predicted molar refractivity (Wildman–Crippen MR) is 95.6 cm³/mol. The van der Waals surface area contributed by atoms with Gasteiger partial charge in [-0.1, -0.05) is 41.0 Å². The normalized spacial score (nSPS) is 10.8. The van der Waals surface area contributed by atoms with Gasteiger partial charge in [0, 0.05) is 16.0 Å². The fourth-order valence-corrected chi connectivity index (χ4v) is 2.54. The minimum atomic E-state index is -0.554. The first-order chi connectivity index (χ1) is 12.7. The Balaban J connectivity index is 1.45. The molecule has 0 bridgehead atoms. The van der Waals surface area contributed by atoms with Gasteiger partial charge < -0.3 is 9.26 Å². The first-order valence-electron chi connectivity index (χ1n) is 7.80. The molecule has 128 valence electrons. The molecule has 2 heterocycles. The number of fused-ring (bicyclic) bond motifs is 1. The lowest BCUT2D eigenvalue weighted by Gasteiger charge is -2.02. The molecule has 0 spiro atoms. The smallest absolute Gasteiger partial charge is 0.357 e. The van der Waals surface area contributed by atoms with Crippen molar-refractivity contribution in [3.63, 3.8) is 0 Å². The van der Waals surface area contributed by atoms with Gasteiger partial charge in [-0.3, -0.25) is 0 Å². The molecule has 0 aliphatic rings. The van der Waals surface area contributed by atoms with Crippen molar-refractivity contribution in [2.75, 3.05) is 0 Å². The molecule has 2 aromatic carbocycles. The summed E-state index contributed by atoms with van der Waals surface area (Å²) in [5.41, 5.74) is 1.71. The van der Waals surface area contributed by atoms with Crippen LogP contribution >= 0.6 is 11.6 Å². The number of esters is 1. The van der Waals surface area contributed by atoms with Gasteiger partial charge in [0.25, 0.3) is 5.89 Å². The molecule has 4 rings (SSSR count). The number of hydrogen-bond acceptors (Lipinski definition) is 6. The second kappa shape index (κ2) is 6.93. The summed E-state index contributed by atoms with van der Waals surface area (Å²) in [6, 6.07) is 18.0. The third-order valence-electron chi connectivity index (χ3n) is 3.70. The fourth-order valence-electron chi connectivity index (χ4n) is 2.41. The van der Waals surface area contributed by atoms with E-state index in [1.807, 2.05) is 30.3 Å². The summed E-state index contributed by atoms with van der Waals surface area (Å²) in [5, 5.41) is 5.44. The zero-order valence-corrected chi connectivity index (χ0v) is 14.2. The molecular formula is C19H12ClN3O3. The van der Waals surface area contributed by atoms with Crippen molar-refractivity contribution in [3.05, 3.63) is 77.3 Å². The zero-order chi connectivity index (χ0) is 17.9. The van der Waals surface area contributed by atoms with Crippen LogP contribution in [0, 0.1) is 0 Å². The molecule has 0 saturated carbocycles. The maximum Gasteiger partial charge on any atom is 0.357 e. The van der Waals surface area contributed by atoms with E-state index in [1.165, 1.54) is 0 Å². The third kappa shape index (κ3) is 3.41. The monoisotopic (exact) mass is 365 g/mol. The molecule has 0 amide bonds. The second-order valence-corrected chi connectivity index (χ2v) is 5.92. The Morgan fingerprint density at radius 3 is 2.65 bits per heavy atom. The number of carbonyl (C=O) groups excluding carboxylic acids is 1. The second-order valence-electron chi connectivity index (χ2n) is 5.48. The van der Waals surface area contributed by atoms with Gasteiger partial charge in [-0.05, 0) is 36.4 Å². The molecule has 2 aromatic heterocycles. The Hall–Kier alpha value is -3.25. The van der Waals surface area contributed by atoms with Crippen LogP contribution in [-0.4, -0.2) is 21.1 Å². The molecule has 0 N–H and O–H groups in total. The summed E-state index contributed by atoms with van der Waals surface area (Å²) in [6.07, 6.45) is 0. The molecule has 0 aliphatic heterocycles. The van der Waals surface area contributed by atoms with Crippen LogP contribution in [-0.2, 0) is 11.3 Å². The van der Waals surface area contributed by atoms with Crippen molar-refractivity contribution in [2.24, 2.45) is 0 Å². The minimum absolute atomic E-state index is 0.131. The molecule has 0 atom stereocenters. The van der Waals surface area contributed by atoms with Crippen molar-refractivity contribution >= 4 is 28.5 Å². The van der Waals surface area contributed by atoms with Gasteiger partial charge in [0.15, 0.2) is 6.61 Å². The zero-order valence-electron chi connectivity index (χ0n) is 13.4. The largest absolute Gasteiger partial charge is 0.451 e. The molecule has 4 aromatic rings. The molecule has 26 heavy (non-hydrogen) atoms. The number of ether oxygens (including phenoxy) is 1. The van der Waals surface area contributed by atoms with Gasteiger partial charge in [0.05, 0.1) is 5.52 Å². The van der Waals surface area contributed by atoms with Crippen molar-refractivity contribution in [1.82, 2.24) is 15.1 Å². The van der Waals surface area contributed by atoms with E-state index in [0.717, 1.165) is 16.5 Å². The van der Waals surface area contributed by atoms with Crippen molar-refractivity contribution < 1.29 is 14.1 Å². The van der Waals surface area contributed by atoms with Crippen LogP contribution in [0.5, 0.6) is 0 Å². The standard InChI is InChI=1S/C19H12ClN3O3/c20-14-8-5-13(6-9-14)18-22-17(26-23-18)11-25-19(24)16-10-7-12-3-1-2-4-15(12)21-16/h1-10H,11H2. The average Bonchev–Trinajstić information content (AvgIpc) is 3.15. The van der Waals surface area contributed by atoms with Crippen LogP contribution in [0.4, 0.5) is 0 Å². The summed E-state index contributed by atoms with van der Waals surface area (Å²) >= 11 is 5.86. The molecule has 6 nitrogen and oxygen atoms in total. The van der Waals surface area contributed by atoms with Gasteiger partial charge in [0.1, 0.15) is 5.69 Å². The summed E-state index contributed by atoms with van der Waals surface area (Å²) in [7, 11) is 0. The first kappa shape index (κ1) is 16.2. The Labute approximate surface area is 153 Å². The Kier molecular flexibility index (Phi) is 4.33. The van der Waals surface area contributed by atoms with E-state index in [4.69, 9.17) is 20.9 Å². The molecule has 7 heteroatoms. The van der Waals surface area contributed by atoms with Gasteiger partial charge in [0.2, 0.25) is 5.82 Å². The lowest BCUT2D eigenvalue weighted by atomic mass is 10.2. The lowest BCUT2D eigenvalue weighted by Crippen LogP contribution is -2.07.